The first kappa shape index (κ1) is 56.7. The van der Waals surface area contributed by atoms with Crippen LogP contribution in [0.15, 0.2) is 262 Å². The second kappa shape index (κ2) is 28.7. The van der Waals surface area contributed by atoms with Gasteiger partial charge in [0.25, 0.3) is 17.7 Å². The van der Waals surface area contributed by atoms with Gasteiger partial charge in [-0.05, 0) is 96.4 Å². The average Bonchev–Trinajstić information content (AvgIpc) is 3.49. The number of hydrogen-bond acceptors (Lipinski definition) is 14. The summed E-state index contributed by atoms with van der Waals surface area (Å²) in [7, 11) is 0. The first-order valence-corrected chi connectivity index (χ1v) is 24.6. The van der Waals surface area contributed by atoms with Crippen molar-refractivity contribution in [1.29, 1.82) is 0 Å². The van der Waals surface area contributed by atoms with E-state index in [0.29, 0.717) is 35.2 Å². The molecular formula is C63H51N3O14. The van der Waals surface area contributed by atoms with Crippen LogP contribution in [0.25, 0.3) is 11.1 Å². The van der Waals surface area contributed by atoms with Gasteiger partial charge >= 0.3 is 0 Å². The number of para-hydroxylation sites is 2. The number of benzene rings is 6. The van der Waals surface area contributed by atoms with Gasteiger partial charge in [-0.25, -0.2) is 0 Å². The monoisotopic (exact) mass is 1070 g/mol. The molecule has 402 valence electrons. The van der Waals surface area contributed by atoms with Crippen LogP contribution in [0.4, 0.5) is 11.4 Å². The number of rotatable bonds is 13. The molecule has 0 radical (unpaired) electrons. The van der Waals surface area contributed by atoms with Crippen LogP contribution in [-0.2, 0) is 13.0 Å². The summed E-state index contributed by atoms with van der Waals surface area (Å²) in [4.78, 5) is 80.6. The Morgan fingerprint density at radius 2 is 0.912 bits per heavy atom. The van der Waals surface area contributed by atoms with Crippen LogP contribution in [0, 0.1) is 6.92 Å². The fourth-order valence-electron chi connectivity index (χ4n) is 6.94. The highest BCUT2D eigenvalue weighted by atomic mass is 16.5. The maximum Gasteiger partial charge on any atom is 0.295 e. The minimum Gasteiger partial charge on any atom is -0.501 e. The Morgan fingerprint density at radius 1 is 0.475 bits per heavy atom. The minimum absolute atomic E-state index is 0.0121. The summed E-state index contributed by atoms with van der Waals surface area (Å²) in [5, 5.41) is 17.6. The van der Waals surface area contributed by atoms with Gasteiger partial charge in [0, 0.05) is 66.8 Å². The van der Waals surface area contributed by atoms with Gasteiger partial charge in [0.05, 0.1) is 18.8 Å². The number of ether oxygens (including phenoxy) is 2. The van der Waals surface area contributed by atoms with E-state index in [1.165, 1.54) is 56.0 Å². The zero-order valence-electron chi connectivity index (χ0n) is 43.0. The SMILES string of the molecule is CCc1cc(=O)cco1.Cc1cc(=O)c(O)c(C(=O)Nc2ccc(Oc3ccccc3)cc2)o1.O=C(NCc1ccc(-c2ccccc2)cc1)c1cc(=O)cco1.O=C(Nc1ccc(Oc2ccccc2)cc1)c1cc(=O)cco1. The molecule has 3 amide bonds. The lowest BCUT2D eigenvalue weighted by molar-refractivity contribution is 0.0919. The van der Waals surface area contributed by atoms with Crippen molar-refractivity contribution in [3.63, 3.8) is 0 Å². The summed E-state index contributed by atoms with van der Waals surface area (Å²) in [6, 6.07) is 59.1. The van der Waals surface area contributed by atoms with Crippen molar-refractivity contribution in [2.24, 2.45) is 0 Å². The molecular weight excluding hydrogens is 1020 g/mol. The quantitative estimate of drug-likeness (QED) is 0.0839. The summed E-state index contributed by atoms with van der Waals surface area (Å²) in [5.74, 6) is 0.893. The summed E-state index contributed by atoms with van der Waals surface area (Å²) in [5.41, 5.74) is 3.08. The Kier molecular flexibility index (Phi) is 20.3. The van der Waals surface area contributed by atoms with E-state index in [1.807, 2.05) is 122 Å². The van der Waals surface area contributed by atoms with E-state index in [4.69, 9.17) is 27.1 Å². The molecule has 4 heterocycles. The lowest BCUT2D eigenvalue weighted by Crippen LogP contribution is -2.23. The van der Waals surface area contributed by atoms with Gasteiger partial charge in [0.2, 0.25) is 16.9 Å². The molecule has 0 unspecified atom stereocenters. The molecule has 0 spiro atoms. The molecule has 0 aliphatic heterocycles. The maximum atomic E-state index is 12.2. The smallest absolute Gasteiger partial charge is 0.295 e. The molecule has 10 aromatic rings. The third-order valence-corrected chi connectivity index (χ3v) is 10.9. The van der Waals surface area contributed by atoms with Crippen molar-refractivity contribution in [3.8, 4) is 39.9 Å². The zero-order valence-corrected chi connectivity index (χ0v) is 43.0. The van der Waals surface area contributed by atoms with Gasteiger partial charge in [0.1, 0.15) is 34.5 Å². The van der Waals surface area contributed by atoms with E-state index in [1.54, 1.807) is 48.5 Å². The number of carbonyl (C=O) groups excluding carboxylic acids is 3. The fourth-order valence-corrected chi connectivity index (χ4v) is 6.94. The van der Waals surface area contributed by atoms with Gasteiger partial charge in [-0.2, -0.15) is 0 Å². The summed E-state index contributed by atoms with van der Waals surface area (Å²) < 4.78 is 31.5. The molecule has 4 N–H and O–H groups in total. The van der Waals surface area contributed by atoms with Gasteiger partial charge < -0.3 is 48.2 Å². The van der Waals surface area contributed by atoms with E-state index in [2.05, 4.69) is 16.0 Å². The lowest BCUT2D eigenvalue weighted by atomic mass is 10.0. The average molecular weight is 1070 g/mol. The topological polar surface area (TPSA) is 247 Å². The Bertz CT molecular complexity index is 3860. The van der Waals surface area contributed by atoms with Crippen molar-refractivity contribution < 1.29 is 46.6 Å². The molecule has 0 saturated heterocycles. The van der Waals surface area contributed by atoms with Crippen molar-refractivity contribution in [3.05, 3.63) is 300 Å². The van der Waals surface area contributed by atoms with E-state index >= 15 is 0 Å². The molecule has 10 rings (SSSR count). The second-order valence-corrected chi connectivity index (χ2v) is 16.9. The van der Waals surface area contributed by atoms with Crippen LogP contribution in [-0.4, -0.2) is 22.8 Å². The molecule has 17 nitrogen and oxygen atoms in total. The minimum atomic E-state index is -0.716. The summed E-state index contributed by atoms with van der Waals surface area (Å²) in [6.45, 7) is 3.83. The Hall–Kier alpha value is -11.1. The fraction of sp³-hybridized carbons (Fsp3) is 0.0635. The van der Waals surface area contributed by atoms with Crippen LogP contribution in [0.5, 0.6) is 28.7 Å². The molecule has 6 aromatic carbocycles. The van der Waals surface area contributed by atoms with Gasteiger partial charge in [-0.15, -0.1) is 0 Å². The van der Waals surface area contributed by atoms with Crippen molar-refractivity contribution in [2.75, 3.05) is 10.6 Å². The third-order valence-electron chi connectivity index (χ3n) is 10.9. The summed E-state index contributed by atoms with van der Waals surface area (Å²) >= 11 is 0. The molecule has 0 fully saturated rings. The number of aromatic hydroxyl groups is 1. The van der Waals surface area contributed by atoms with E-state index in [-0.39, 0.29) is 33.6 Å². The van der Waals surface area contributed by atoms with Crippen molar-refractivity contribution in [2.45, 2.75) is 26.8 Å². The van der Waals surface area contributed by atoms with Crippen molar-refractivity contribution >= 4 is 29.1 Å². The van der Waals surface area contributed by atoms with E-state index in [9.17, 15) is 38.7 Å². The van der Waals surface area contributed by atoms with E-state index < -0.39 is 34.7 Å². The molecule has 0 saturated carbocycles. The predicted octanol–water partition coefficient (Wildman–Crippen LogP) is 11.8. The Balaban J connectivity index is 0.000000161. The Morgan fingerprint density at radius 3 is 1.39 bits per heavy atom. The van der Waals surface area contributed by atoms with Gasteiger partial charge in [0.15, 0.2) is 27.8 Å². The molecule has 0 atom stereocenters. The first-order valence-electron chi connectivity index (χ1n) is 24.6. The predicted molar refractivity (Wildman–Crippen MR) is 301 cm³/mol. The Labute approximate surface area is 457 Å². The zero-order chi connectivity index (χ0) is 56.6. The third kappa shape index (κ3) is 17.8. The van der Waals surface area contributed by atoms with Crippen LogP contribution < -0.4 is 47.1 Å². The highest BCUT2D eigenvalue weighted by Gasteiger charge is 2.18. The number of hydrogen-bond donors (Lipinski definition) is 4. The van der Waals surface area contributed by atoms with Crippen LogP contribution in [0.3, 0.4) is 0 Å². The van der Waals surface area contributed by atoms with Crippen LogP contribution in [0.1, 0.15) is 55.7 Å². The van der Waals surface area contributed by atoms with Gasteiger partial charge in [-0.1, -0.05) is 97.9 Å². The normalized spacial score (nSPS) is 10.1. The van der Waals surface area contributed by atoms with Crippen LogP contribution >= 0.6 is 0 Å². The molecule has 80 heavy (non-hydrogen) atoms. The lowest BCUT2D eigenvalue weighted by Gasteiger charge is -2.08. The standard InChI is InChI=1S/C19H15NO5.C19H15NO3.C18H13NO4.C7H8O2/c1-12-11-16(21)17(22)18(24-12)19(23)20-13-7-9-15(10-8-13)25-14-5-3-2-4-6-14;21-17-10-11-23-18(12-17)19(22)20-13-14-6-8-16(9-7-14)15-4-2-1-3-5-15;20-14-10-11-22-17(12-14)18(21)19-13-6-8-16(9-7-13)23-15-4-2-1-3-5-15;1-2-7-5-6(8)3-4-9-7/h2-11,22H,1H3,(H,20,23);1-12H,13H2,(H,20,22);1-12H,(H,19,21);3-5H,2H2,1H3. The van der Waals surface area contributed by atoms with Gasteiger partial charge in [-0.3, -0.25) is 33.6 Å². The molecule has 0 aliphatic rings. The second-order valence-electron chi connectivity index (χ2n) is 16.9. The van der Waals surface area contributed by atoms with Crippen LogP contribution in [0.2, 0.25) is 0 Å². The molecule has 0 aliphatic carbocycles. The summed E-state index contributed by atoms with van der Waals surface area (Å²) in [6.07, 6.45) is 4.59. The maximum absolute atomic E-state index is 12.2. The number of aryl methyl sites for hydroxylation is 2. The molecule has 4 aromatic heterocycles. The number of carbonyl (C=O) groups is 3. The molecule has 17 heteroatoms. The van der Waals surface area contributed by atoms with Crippen molar-refractivity contribution in [1.82, 2.24) is 5.32 Å². The number of anilines is 2. The highest BCUT2D eigenvalue weighted by molar-refractivity contribution is 6.04. The molecule has 0 bridgehead atoms. The number of nitrogens with one attached hydrogen (secondary N) is 3. The van der Waals surface area contributed by atoms with E-state index in [0.717, 1.165) is 46.8 Å². The largest absolute Gasteiger partial charge is 0.501 e. The number of amides is 3. The first-order chi connectivity index (χ1) is 38.8. The highest BCUT2D eigenvalue weighted by Crippen LogP contribution is 2.25.